The summed E-state index contributed by atoms with van der Waals surface area (Å²) in [7, 11) is 0. The van der Waals surface area contributed by atoms with Crippen molar-refractivity contribution in [3.63, 3.8) is 0 Å². The molecule has 0 aromatic heterocycles. The van der Waals surface area contributed by atoms with Crippen molar-refractivity contribution in [2.45, 2.75) is 18.4 Å². The minimum absolute atomic E-state index is 0.0502. The lowest BCUT2D eigenvalue weighted by molar-refractivity contribution is -0.0173. The summed E-state index contributed by atoms with van der Waals surface area (Å²) in [5, 5.41) is 10.1. The lowest BCUT2D eigenvalue weighted by Crippen LogP contribution is -2.45. The summed E-state index contributed by atoms with van der Waals surface area (Å²) >= 11 is 0. The zero-order chi connectivity index (χ0) is 12.5. The van der Waals surface area contributed by atoms with Gasteiger partial charge in [-0.05, 0) is 30.9 Å². The van der Waals surface area contributed by atoms with Crippen LogP contribution in [-0.4, -0.2) is 23.9 Å². The van der Waals surface area contributed by atoms with Crippen LogP contribution in [0, 0.1) is 17.6 Å². The van der Waals surface area contributed by atoms with Crippen molar-refractivity contribution >= 4 is 0 Å². The van der Waals surface area contributed by atoms with Crippen LogP contribution in [0.2, 0.25) is 0 Å². The Morgan fingerprint density at radius 1 is 1.41 bits per heavy atom. The predicted molar refractivity (Wildman–Crippen MR) is 58.6 cm³/mol. The molecule has 0 aliphatic heterocycles. The Morgan fingerprint density at radius 2 is 2.12 bits per heavy atom. The van der Waals surface area contributed by atoms with Crippen molar-refractivity contribution in [1.29, 1.82) is 0 Å². The number of aliphatic hydroxyl groups is 1. The van der Waals surface area contributed by atoms with E-state index in [4.69, 9.17) is 10.5 Å². The molecule has 1 aliphatic rings. The number of rotatable bonds is 5. The molecule has 3 N–H and O–H groups in total. The van der Waals surface area contributed by atoms with E-state index in [0.29, 0.717) is 0 Å². The molecule has 0 spiro atoms. The third kappa shape index (κ3) is 2.56. The first-order valence-electron chi connectivity index (χ1n) is 5.56. The van der Waals surface area contributed by atoms with Gasteiger partial charge in [0.2, 0.25) is 5.82 Å². The number of nitrogens with two attached hydrogens (primary N) is 1. The predicted octanol–water partition coefficient (Wildman–Crippen LogP) is 1.44. The fraction of sp³-hybridized carbons (Fsp3) is 0.500. The van der Waals surface area contributed by atoms with Crippen LogP contribution in [0.15, 0.2) is 18.2 Å². The van der Waals surface area contributed by atoms with E-state index in [-0.39, 0.29) is 24.8 Å². The molecule has 94 valence electrons. The Hall–Kier alpha value is -1.20. The number of ether oxygens (including phenoxy) is 1. The maximum atomic E-state index is 13.3. The Labute approximate surface area is 98.2 Å². The molecule has 0 amide bonds. The van der Waals surface area contributed by atoms with Crippen LogP contribution in [0.25, 0.3) is 0 Å². The normalized spacial score (nSPS) is 18.8. The van der Waals surface area contributed by atoms with Gasteiger partial charge in [-0.15, -0.1) is 0 Å². The maximum absolute atomic E-state index is 13.3. The van der Waals surface area contributed by atoms with Gasteiger partial charge >= 0.3 is 0 Å². The molecule has 0 heterocycles. The SMILES string of the molecule is NCC(O)(COc1cccc(F)c1F)C1CC1. The van der Waals surface area contributed by atoms with Crippen LogP contribution in [-0.2, 0) is 0 Å². The molecule has 1 atom stereocenters. The van der Waals surface area contributed by atoms with Crippen molar-refractivity contribution in [3.05, 3.63) is 29.8 Å². The number of halogens is 2. The van der Waals surface area contributed by atoms with Gasteiger partial charge in [-0.2, -0.15) is 4.39 Å². The van der Waals surface area contributed by atoms with Crippen molar-refractivity contribution < 1.29 is 18.6 Å². The summed E-state index contributed by atoms with van der Waals surface area (Å²) < 4.78 is 31.3. The van der Waals surface area contributed by atoms with Crippen LogP contribution < -0.4 is 10.5 Å². The van der Waals surface area contributed by atoms with Crippen molar-refractivity contribution in [1.82, 2.24) is 0 Å². The maximum Gasteiger partial charge on any atom is 0.200 e. The lowest BCUT2D eigenvalue weighted by Gasteiger charge is -2.26. The fourth-order valence-corrected chi connectivity index (χ4v) is 1.76. The molecular formula is C12H15F2NO2. The number of benzene rings is 1. The fourth-order valence-electron chi connectivity index (χ4n) is 1.76. The molecule has 17 heavy (non-hydrogen) atoms. The third-order valence-electron chi connectivity index (χ3n) is 3.08. The molecule has 1 fully saturated rings. The Balaban J connectivity index is 2.04. The van der Waals surface area contributed by atoms with Crippen LogP contribution in [0.1, 0.15) is 12.8 Å². The van der Waals surface area contributed by atoms with Gasteiger partial charge in [0.25, 0.3) is 0 Å². The highest BCUT2D eigenvalue weighted by molar-refractivity contribution is 5.25. The summed E-state index contributed by atoms with van der Waals surface area (Å²) in [5.41, 5.74) is 4.34. The second kappa shape index (κ2) is 4.58. The molecule has 1 aromatic carbocycles. The summed E-state index contributed by atoms with van der Waals surface area (Å²) in [6.07, 6.45) is 1.78. The first kappa shape index (κ1) is 12.3. The highest BCUT2D eigenvalue weighted by Gasteiger charge is 2.43. The molecule has 1 unspecified atom stereocenters. The quantitative estimate of drug-likeness (QED) is 0.822. The summed E-state index contributed by atoms with van der Waals surface area (Å²) in [6, 6.07) is 3.69. The zero-order valence-electron chi connectivity index (χ0n) is 9.33. The highest BCUT2D eigenvalue weighted by atomic mass is 19.2. The van der Waals surface area contributed by atoms with Gasteiger partial charge in [-0.1, -0.05) is 6.07 Å². The van der Waals surface area contributed by atoms with Gasteiger partial charge in [0.15, 0.2) is 11.6 Å². The molecular weight excluding hydrogens is 228 g/mol. The molecule has 1 saturated carbocycles. The largest absolute Gasteiger partial charge is 0.487 e. The molecule has 1 aliphatic carbocycles. The van der Waals surface area contributed by atoms with E-state index in [1.54, 1.807) is 0 Å². The summed E-state index contributed by atoms with van der Waals surface area (Å²) in [6.45, 7) is -0.0663. The molecule has 1 aromatic rings. The Kier molecular flexibility index (Phi) is 3.31. The van der Waals surface area contributed by atoms with E-state index in [1.807, 2.05) is 0 Å². The van der Waals surface area contributed by atoms with E-state index >= 15 is 0 Å². The van der Waals surface area contributed by atoms with Crippen LogP contribution >= 0.6 is 0 Å². The third-order valence-corrected chi connectivity index (χ3v) is 3.08. The number of hydrogen-bond donors (Lipinski definition) is 2. The molecule has 2 rings (SSSR count). The zero-order valence-corrected chi connectivity index (χ0v) is 9.33. The first-order chi connectivity index (χ1) is 8.07. The van der Waals surface area contributed by atoms with Gasteiger partial charge in [0, 0.05) is 6.54 Å². The van der Waals surface area contributed by atoms with Crippen molar-refractivity contribution in [2.24, 2.45) is 11.7 Å². The van der Waals surface area contributed by atoms with Gasteiger partial charge in [-0.25, -0.2) is 4.39 Å². The van der Waals surface area contributed by atoms with Gasteiger partial charge in [-0.3, -0.25) is 0 Å². The van der Waals surface area contributed by atoms with Crippen LogP contribution in [0.5, 0.6) is 5.75 Å². The second-order valence-electron chi connectivity index (χ2n) is 4.42. The van der Waals surface area contributed by atoms with Gasteiger partial charge in [0.1, 0.15) is 12.2 Å². The van der Waals surface area contributed by atoms with Crippen LogP contribution in [0.3, 0.4) is 0 Å². The molecule has 0 radical (unpaired) electrons. The van der Waals surface area contributed by atoms with Crippen molar-refractivity contribution in [3.8, 4) is 5.75 Å². The first-order valence-corrected chi connectivity index (χ1v) is 5.56. The van der Waals surface area contributed by atoms with Crippen molar-refractivity contribution in [2.75, 3.05) is 13.2 Å². The van der Waals surface area contributed by atoms with Crippen LogP contribution in [0.4, 0.5) is 8.78 Å². The highest BCUT2D eigenvalue weighted by Crippen LogP contribution is 2.39. The monoisotopic (exact) mass is 243 g/mol. The van der Waals surface area contributed by atoms with Gasteiger partial charge < -0.3 is 15.6 Å². The molecule has 0 saturated heterocycles. The summed E-state index contributed by atoms with van der Waals surface area (Å²) in [4.78, 5) is 0. The Bertz CT molecular complexity index is 409. The van der Waals surface area contributed by atoms with E-state index < -0.39 is 17.2 Å². The van der Waals surface area contributed by atoms with E-state index in [0.717, 1.165) is 18.9 Å². The average Bonchev–Trinajstić information content (AvgIpc) is 3.15. The Morgan fingerprint density at radius 3 is 2.71 bits per heavy atom. The molecule has 5 heteroatoms. The minimum atomic E-state index is -1.14. The second-order valence-corrected chi connectivity index (χ2v) is 4.42. The summed E-state index contributed by atoms with van der Waals surface area (Å²) in [5.74, 6) is -2.10. The molecule has 3 nitrogen and oxygen atoms in total. The van der Waals surface area contributed by atoms with E-state index in [2.05, 4.69) is 0 Å². The topological polar surface area (TPSA) is 55.5 Å². The van der Waals surface area contributed by atoms with E-state index in [9.17, 15) is 13.9 Å². The number of hydrogen-bond acceptors (Lipinski definition) is 3. The van der Waals surface area contributed by atoms with Gasteiger partial charge in [0.05, 0.1) is 0 Å². The average molecular weight is 243 g/mol. The smallest absolute Gasteiger partial charge is 0.200 e. The van der Waals surface area contributed by atoms with E-state index in [1.165, 1.54) is 12.1 Å². The molecule has 0 bridgehead atoms. The lowest BCUT2D eigenvalue weighted by atomic mass is 9.99. The standard InChI is InChI=1S/C12H15F2NO2/c13-9-2-1-3-10(11(9)14)17-7-12(16,6-15)8-4-5-8/h1-3,8,16H,4-7,15H2. The minimum Gasteiger partial charge on any atom is -0.487 e.